The summed E-state index contributed by atoms with van der Waals surface area (Å²) in [6.45, 7) is 1.47. The first-order chi connectivity index (χ1) is 10.7. The Bertz CT molecular complexity index is 555. The first-order valence-electron chi connectivity index (χ1n) is 7.74. The molecule has 22 heavy (non-hydrogen) atoms. The summed E-state index contributed by atoms with van der Waals surface area (Å²) in [5.41, 5.74) is 0.440. The number of ether oxygens (including phenoxy) is 1. The molecule has 1 N–H and O–H groups in total. The van der Waals surface area contributed by atoms with Crippen LogP contribution in [-0.2, 0) is 4.79 Å². The van der Waals surface area contributed by atoms with Crippen molar-refractivity contribution in [3.63, 3.8) is 0 Å². The van der Waals surface area contributed by atoms with Gasteiger partial charge in [0.05, 0.1) is 18.0 Å². The summed E-state index contributed by atoms with van der Waals surface area (Å²) in [4.78, 5) is 16.7. The number of amides is 1. The molecule has 0 spiro atoms. The molecule has 1 aromatic heterocycles. The number of pyridine rings is 1. The number of nitrogens with one attached hydrogen (secondary N) is 1. The van der Waals surface area contributed by atoms with E-state index in [1.165, 1.54) is 0 Å². The second kappa shape index (κ2) is 6.22. The Balaban J connectivity index is 1.54. The largest absolute Gasteiger partial charge is 0.474 e. The third kappa shape index (κ3) is 3.14. The molecule has 6 heteroatoms. The molecule has 1 amide bonds. The van der Waals surface area contributed by atoms with Crippen LogP contribution in [0.15, 0.2) is 18.3 Å². The number of likely N-dealkylation sites (tertiary alicyclic amines) is 1. The first-order valence-corrected chi connectivity index (χ1v) is 7.74. The molecule has 2 heterocycles. The molecule has 1 aliphatic carbocycles. The van der Waals surface area contributed by atoms with Crippen LogP contribution in [0.5, 0.6) is 5.88 Å². The van der Waals surface area contributed by atoms with Crippen molar-refractivity contribution in [2.75, 3.05) is 18.4 Å². The molecule has 1 aliphatic heterocycles. The molecule has 1 saturated carbocycles. The Morgan fingerprint density at radius 2 is 2.18 bits per heavy atom. The van der Waals surface area contributed by atoms with E-state index >= 15 is 0 Å². The van der Waals surface area contributed by atoms with Crippen LogP contribution in [-0.4, -0.2) is 41.0 Å². The molecule has 0 unspecified atom stereocenters. The highest BCUT2D eigenvalue weighted by Gasteiger charge is 2.37. The summed E-state index contributed by atoms with van der Waals surface area (Å²) in [6, 6.07) is 6.08. The quantitative estimate of drug-likeness (QED) is 0.841. The van der Waals surface area contributed by atoms with Gasteiger partial charge < -0.3 is 15.0 Å². The monoisotopic (exact) mass is 300 g/mol. The van der Waals surface area contributed by atoms with Crippen LogP contribution in [0.3, 0.4) is 0 Å². The van der Waals surface area contributed by atoms with Gasteiger partial charge in [0.25, 0.3) is 0 Å². The van der Waals surface area contributed by atoms with Gasteiger partial charge in [-0.3, -0.25) is 4.79 Å². The van der Waals surface area contributed by atoms with Gasteiger partial charge in [-0.05, 0) is 25.3 Å². The van der Waals surface area contributed by atoms with Gasteiger partial charge in [-0.1, -0.05) is 0 Å². The van der Waals surface area contributed by atoms with Crippen LogP contribution >= 0.6 is 0 Å². The molecular weight excluding hydrogens is 280 g/mol. The van der Waals surface area contributed by atoms with Crippen LogP contribution in [0.1, 0.15) is 32.1 Å². The lowest BCUT2D eigenvalue weighted by Crippen LogP contribution is -2.43. The zero-order valence-corrected chi connectivity index (χ0v) is 12.5. The van der Waals surface area contributed by atoms with Gasteiger partial charge >= 0.3 is 0 Å². The topological polar surface area (TPSA) is 78.2 Å². The van der Waals surface area contributed by atoms with E-state index in [1.807, 2.05) is 12.1 Å². The second-order valence-corrected chi connectivity index (χ2v) is 6.02. The third-order valence-corrected chi connectivity index (χ3v) is 4.45. The molecule has 2 fully saturated rings. The number of aromatic nitrogens is 1. The third-order valence-electron chi connectivity index (χ3n) is 4.45. The Kier molecular flexibility index (Phi) is 4.14. The normalized spacial score (nSPS) is 20.6. The van der Waals surface area contributed by atoms with Crippen LogP contribution < -0.4 is 10.1 Å². The summed E-state index contributed by atoms with van der Waals surface area (Å²) >= 11 is 0. The minimum absolute atomic E-state index is 0.111. The van der Waals surface area contributed by atoms with Crippen molar-refractivity contribution < 1.29 is 9.53 Å². The van der Waals surface area contributed by atoms with Crippen molar-refractivity contribution >= 4 is 12.1 Å². The van der Waals surface area contributed by atoms with E-state index in [0.29, 0.717) is 5.88 Å². The SMILES string of the molecule is N#CC1(Nc2ccc(OC3CCN(C=O)CC3)nc2)CCC1. The smallest absolute Gasteiger partial charge is 0.213 e. The highest BCUT2D eigenvalue weighted by Crippen LogP contribution is 2.34. The maximum absolute atomic E-state index is 10.7. The number of nitrogens with zero attached hydrogens (tertiary/aromatic N) is 3. The Hall–Kier alpha value is -2.29. The molecule has 2 aliphatic rings. The fourth-order valence-corrected chi connectivity index (χ4v) is 2.87. The lowest BCUT2D eigenvalue weighted by molar-refractivity contribution is -0.119. The number of piperidine rings is 1. The molecule has 0 radical (unpaired) electrons. The van der Waals surface area contributed by atoms with Crippen molar-refractivity contribution in [1.29, 1.82) is 5.26 Å². The molecular formula is C16H20N4O2. The second-order valence-electron chi connectivity index (χ2n) is 6.02. The molecule has 0 bridgehead atoms. The van der Waals surface area contributed by atoms with Crippen LogP contribution in [0.25, 0.3) is 0 Å². The van der Waals surface area contributed by atoms with Crippen molar-refractivity contribution in [1.82, 2.24) is 9.88 Å². The average Bonchev–Trinajstić information content (AvgIpc) is 2.53. The highest BCUT2D eigenvalue weighted by molar-refractivity contribution is 5.48. The number of anilines is 1. The van der Waals surface area contributed by atoms with Gasteiger partial charge in [0.1, 0.15) is 11.6 Å². The molecule has 0 atom stereocenters. The van der Waals surface area contributed by atoms with Crippen molar-refractivity contribution in [2.45, 2.75) is 43.7 Å². The van der Waals surface area contributed by atoms with Gasteiger partial charge in [0.15, 0.2) is 0 Å². The van der Waals surface area contributed by atoms with Crippen molar-refractivity contribution in [2.24, 2.45) is 0 Å². The zero-order valence-electron chi connectivity index (χ0n) is 12.5. The maximum Gasteiger partial charge on any atom is 0.213 e. The number of hydrogen-bond donors (Lipinski definition) is 1. The number of rotatable bonds is 5. The van der Waals surface area contributed by atoms with E-state index in [-0.39, 0.29) is 6.10 Å². The minimum atomic E-state index is -0.411. The lowest BCUT2D eigenvalue weighted by Gasteiger charge is -2.36. The van der Waals surface area contributed by atoms with Gasteiger partial charge in [-0.2, -0.15) is 5.26 Å². The van der Waals surface area contributed by atoms with E-state index in [9.17, 15) is 10.1 Å². The van der Waals surface area contributed by atoms with Crippen LogP contribution in [0.2, 0.25) is 0 Å². The van der Waals surface area contributed by atoms with E-state index in [4.69, 9.17) is 4.74 Å². The van der Waals surface area contributed by atoms with E-state index in [2.05, 4.69) is 16.4 Å². The van der Waals surface area contributed by atoms with Gasteiger partial charge in [0, 0.05) is 32.0 Å². The fraction of sp³-hybridized carbons (Fsp3) is 0.562. The molecule has 116 valence electrons. The maximum atomic E-state index is 10.7. The lowest BCUT2D eigenvalue weighted by atomic mass is 9.78. The van der Waals surface area contributed by atoms with Crippen molar-refractivity contribution in [3.05, 3.63) is 18.3 Å². The Morgan fingerprint density at radius 1 is 1.41 bits per heavy atom. The zero-order chi connectivity index (χ0) is 15.4. The standard InChI is InChI=1S/C16H20N4O2/c17-11-16(6-1-7-16)19-13-2-3-15(18-10-13)22-14-4-8-20(12-21)9-5-14/h2-3,10,12,14,19H,1,4-9H2. The Morgan fingerprint density at radius 3 is 2.68 bits per heavy atom. The predicted octanol–water partition coefficient (Wildman–Crippen LogP) is 1.94. The summed E-state index contributed by atoms with van der Waals surface area (Å²) in [6.07, 6.45) is 7.24. The summed E-state index contributed by atoms with van der Waals surface area (Å²) in [5.74, 6) is 0.592. The predicted molar refractivity (Wildman–Crippen MR) is 81.3 cm³/mol. The van der Waals surface area contributed by atoms with Crippen LogP contribution in [0, 0.1) is 11.3 Å². The van der Waals surface area contributed by atoms with Gasteiger partial charge in [-0.15, -0.1) is 0 Å². The number of carbonyl (C=O) groups is 1. The number of hydrogen-bond acceptors (Lipinski definition) is 5. The van der Waals surface area contributed by atoms with E-state index in [0.717, 1.165) is 57.3 Å². The number of carbonyl (C=O) groups excluding carboxylic acids is 1. The Labute approximate surface area is 130 Å². The van der Waals surface area contributed by atoms with Crippen LogP contribution in [0.4, 0.5) is 5.69 Å². The van der Waals surface area contributed by atoms with E-state index in [1.54, 1.807) is 11.1 Å². The highest BCUT2D eigenvalue weighted by atomic mass is 16.5. The first kappa shape index (κ1) is 14.6. The van der Waals surface area contributed by atoms with Gasteiger partial charge in [0.2, 0.25) is 12.3 Å². The van der Waals surface area contributed by atoms with Crippen molar-refractivity contribution in [3.8, 4) is 11.9 Å². The molecule has 3 rings (SSSR count). The number of nitriles is 1. The summed E-state index contributed by atoms with van der Waals surface area (Å²) < 4.78 is 5.85. The summed E-state index contributed by atoms with van der Waals surface area (Å²) in [5, 5.41) is 12.5. The molecule has 0 aromatic carbocycles. The fourth-order valence-electron chi connectivity index (χ4n) is 2.87. The molecule has 6 nitrogen and oxygen atoms in total. The minimum Gasteiger partial charge on any atom is -0.474 e. The molecule has 1 aromatic rings. The van der Waals surface area contributed by atoms with E-state index < -0.39 is 5.54 Å². The van der Waals surface area contributed by atoms with Gasteiger partial charge in [-0.25, -0.2) is 4.98 Å². The average molecular weight is 300 g/mol. The molecule has 1 saturated heterocycles. The summed E-state index contributed by atoms with van der Waals surface area (Å²) in [7, 11) is 0.